The molecule has 1 aliphatic heterocycles. The van der Waals surface area contributed by atoms with Crippen molar-refractivity contribution in [3.05, 3.63) is 59.6 Å². The molecule has 0 amide bonds. The Morgan fingerprint density at radius 1 is 1.22 bits per heavy atom. The standard InChI is InChI=1S/C19H19F2N5O/c1-22-17-7-5-13(10-23-17)18-24-19(27-25-18)16-3-2-8-26(16)11-12-4-6-14(20)15(21)9-12/h4-7,9-10,16H,2-3,8,11H2,1H3,(H,22,23)/t16-/m1/s1. The van der Waals surface area contributed by atoms with E-state index in [0.717, 1.165) is 36.8 Å². The molecule has 27 heavy (non-hydrogen) atoms. The molecule has 2 aromatic heterocycles. The molecule has 0 bridgehead atoms. The number of hydrogen-bond donors (Lipinski definition) is 1. The van der Waals surface area contributed by atoms with Crippen molar-refractivity contribution in [2.45, 2.75) is 25.4 Å². The summed E-state index contributed by atoms with van der Waals surface area (Å²) in [4.78, 5) is 10.9. The van der Waals surface area contributed by atoms with Gasteiger partial charge in [0.1, 0.15) is 5.82 Å². The molecular weight excluding hydrogens is 352 g/mol. The van der Waals surface area contributed by atoms with Crippen LogP contribution < -0.4 is 5.32 Å². The van der Waals surface area contributed by atoms with Crippen LogP contribution in [0.5, 0.6) is 0 Å². The van der Waals surface area contributed by atoms with Gasteiger partial charge in [0, 0.05) is 25.4 Å². The number of aromatic nitrogens is 3. The minimum atomic E-state index is -0.837. The zero-order valence-corrected chi connectivity index (χ0v) is 14.8. The Bertz CT molecular complexity index is 928. The summed E-state index contributed by atoms with van der Waals surface area (Å²) < 4.78 is 32.1. The van der Waals surface area contributed by atoms with Crippen molar-refractivity contribution >= 4 is 5.82 Å². The monoisotopic (exact) mass is 371 g/mol. The topological polar surface area (TPSA) is 67.1 Å². The Balaban J connectivity index is 1.51. The van der Waals surface area contributed by atoms with Crippen LogP contribution in [0.4, 0.5) is 14.6 Å². The van der Waals surface area contributed by atoms with Crippen molar-refractivity contribution in [2.75, 3.05) is 18.9 Å². The first-order valence-electron chi connectivity index (χ1n) is 8.80. The molecule has 1 aromatic carbocycles. The second-order valence-electron chi connectivity index (χ2n) is 6.52. The zero-order valence-electron chi connectivity index (χ0n) is 14.8. The smallest absolute Gasteiger partial charge is 0.244 e. The van der Waals surface area contributed by atoms with Crippen LogP contribution >= 0.6 is 0 Å². The number of halogens is 2. The molecule has 140 valence electrons. The minimum Gasteiger partial charge on any atom is -0.373 e. The van der Waals surface area contributed by atoms with E-state index in [4.69, 9.17) is 4.52 Å². The molecule has 0 unspecified atom stereocenters. The number of nitrogens with zero attached hydrogens (tertiary/aromatic N) is 4. The van der Waals surface area contributed by atoms with E-state index >= 15 is 0 Å². The SMILES string of the molecule is CNc1ccc(-c2noc([C@H]3CCCN3Cc3ccc(F)c(F)c3)n2)cn1. The summed E-state index contributed by atoms with van der Waals surface area (Å²) >= 11 is 0. The molecule has 1 fully saturated rings. The summed E-state index contributed by atoms with van der Waals surface area (Å²) in [5, 5.41) is 7.03. The summed E-state index contributed by atoms with van der Waals surface area (Å²) in [5.41, 5.74) is 1.49. The number of rotatable bonds is 5. The molecule has 1 atom stereocenters. The molecule has 4 rings (SSSR count). The van der Waals surface area contributed by atoms with Crippen LogP contribution in [0.1, 0.15) is 30.3 Å². The minimum absolute atomic E-state index is 0.0381. The van der Waals surface area contributed by atoms with E-state index in [1.54, 1.807) is 19.3 Å². The Morgan fingerprint density at radius 3 is 2.85 bits per heavy atom. The molecular formula is C19H19F2N5O. The highest BCUT2D eigenvalue weighted by Crippen LogP contribution is 2.33. The summed E-state index contributed by atoms with van der Waals surface area (Å²) in [6, 6.07) is 7.67. The zero-order chi connectivity index (χ0) is 18.8. The summed E-state index contributed by atoms with van der Waals surface area (Å²) in [7, 11) is 1.80. The third-order valence-electron chi connectivity index (χ3n) is 4.74. The van der Waals surface area contributed by atoms with Gasteiger partial charge in [0.2, 0.25) is 11.7 Å². The van der Waals surface area contributed by atoms with E-state index in [2.05, 4.69) is 25.3 Å². The molecule has 8 heteroatoms. The Labute approximate surface area is 155 Å². The van der Waals surface area contributed by atoms with Crippen LogP contribution in [0, 0.1) is 11.6 Å². The normalized spacial score (nSPS) is 17.4. The molecule has 1 N–H and O–H groups in total. The van der Waals surface area contributed by atoms with Crippen LogP contribution in [0.2, 0.25) is 0 Å². The largest absolute Gasteiger partial charge is 0.373 e. The van der Waals surface area contributed by atoms with Gasteiger partial charge in [-0.05, 0) is 49.2 Å². The average Bonchev–Trinajstić information content (AvgIpc) is 3.34. The molecule has 1 saturated heterocycles. The van der Waals surface area contributed by atoms with Gasteiger partial charge in [-0.1, -0.05) is 11.2 Å². The van der Waals surface area contributed by atoms with Crippen molar-refractivity contribution in [1.82, 2.24) is 20.0 Å². The van der Waals surface area contributed by atoms with E-state index in [1.807, 2.05) is 12.1 Å². The van der Waals surface area contributed by atoms with Gasteiger partial charge in [-0.15, -0.1) is 0 Å². The Hall–Kier alpha value is -2.87. The lowest BCUT2D eigenvalue weighted by molar-refractivity contribution is 0.201. The molecule has 0 radical (unpaired) electrons. The molecule has 3 heterocycles. The summed E-state index contributed by atoms with van der Waals surface area (Å²) in [5.74, 6) is 0.107. The van der Waals surface area contributed by atoms with E-state index in [0.29, 0.717) is 23.8 Å². The van der Waals surface area contributed by atoms with Gasteiger partial charge in [-0.2, -0.15) is 4.98 Å². The summed E-state index contributed by atoms with van der Waals surface area (Å²) in [6.07, 6.45) is 3.54. The highest BCUT2D eigenvalue weighted by atomic mass is 19.2. The van der Waals surface area contributed by atoms with Crippen LogP contribution in [-0.2, 0) is 6.54 Å². The lowest BCUT2D eigenvalue weighted by Gasteiger charge is -2.21. The number of likely N-dealkylation sites (tertiary alicyclic amines) is 1. The average molecular weight is 371 g/mol. The van der Waals surface area contributed by atoms with Crippen molar-refractivity contribution in [2.24, 2.45) is 0 Å². The van der Waals surface area contributed by atoms with E-state index < -0.39 is 11.6 Å². The van der Waals surface area contributed by atoms with Gasteiger partial charge in [-0.3, -0.25) is 4.90 Å². The molecule has 3 aromatic rings. The van der Waals surface area contributed by atoms with Crippen molar-refractivity contribution in [3.63, 3.8) is 0 Å². The highest BCUT2D eigenvalue weighted by molar-refractivity contribution is 5.55. The van der Waals surface area contributed by atoms with Crippen LogP contribution in [0.25, 0.3) is 11.4 Å². The van der Waals surface area contributed by atoms with E-state index in [-0.39, 0.29) is 6.04 Å². The maximum atomic E-state index is 13.5. The number of anilines is 1. The lowest BCUT2D eigenvalue weighted by atomic mass is 10.1. The van der Waals surface area contributed by atoms with Crippen LogP contribution in [-0.4, -0.2) is 33.6 Å². The first-order chi connectivity index (χ1) is 13.1. The fraction of sp³-hybridized carbons (Fsp3) is 0.316. The first kappa shape index (κ1) is 17.5. The van der Waals surface area contributed by atoms with Gasteiger partial charge in [0.15, 0.2) is 11.6 Å². The summed E-state index contributed by atoms with van der Waals surface area (Å²) in [6.45, 7) is 1.33. The van der Waals surface area contributed by atoms with Gasteiger partial charge >= 0.3 is 0 Å². The fourth-order valence-corrected chi connectivity index (χ4v) is 3.33. The third-order valence-corrected chi connectivity index (χ3v) is 4.74. The quantitative estimate of drug-likeness (QED) is 0.736. The van der Waals surface area contributed by atoms with Crippen molar-refractivity contribution in [1.29, 1.82) is 0 Å². The second kappa shape index (κ2) is 7.40. The molecule has 0 aliphatic carbocycles. The highest BCUT2D eigenvalue weighted by Gasteiger charge is 2.31. The van der Waals surface area contributed by atoms with Gasteiger partial charge < -0.3 is 9.84 Å². The number of benzene rings is 1. The van der Waals surface area contributed by atoms with Crippen LogP contribution in [0.15, 0.2) is 41.1 Å². The Kier molecular flexibility index (Phi) is 4.81. The molecule has 6 nitrogen and oxygen atoms in total. The second-order valence-corrected chi connectivity index (χ2v) is 6.52. The number of hydrogen-bond acceptors (Lipinski definition) is 6. The lowest BCUT2D eigenvalue weighted by Crippen LogP contribution is -2.23. The van der Waals surface area contributed by atoms with Gasteiger partial charge in [0.25, 0.3) is 0 Å². The van der Waals surface area contributed by atoms with E-state index in [1.165, 1.54) is 6.07 Å². The number of nitrogens with one attached hydrogen (secondary N) is 1. The van der Waals surface area contributed by atoms with E-state index in [9.17, 15) is 8.78 Å². The maximum Gasteiger partial charge on any atom is 0.244 e. The Morgan fingerprint density at radius 2 is 2.11 bits per heavy atom. The van der Waals surface area contributed by atoms with Crippen LogP contribution in [0.3, 0.4) is 0 Å². The third kappa shape index (κ3) is 3.66. The van der Waals surface area contributed by atoms with Crippen molar-refractivity contribution in [3.8, 4) is 11.4 Å². The maximum absolute atomic E-state index is 13.5. The van der Waals surface area contributed by atoms with Gasteiger partial charge in [-0.25, -0.2) is 13.8 Å². The molecule has 1 aliphatic rings. The first-order valence-corrected chi connectivity index (χ1v) is 8.80. The number of pyridine rings is 1. The fourth-order valence-electron chi connectivity index (χ4n) is 3.33. The van der Waals surface area contributed by atoms with Gasteiger partial charge in [0.05, 0.1) is 6.04 Å². The molecule has 0 saturated carbocycles. The molecule has 0 spiro atoms. The predicted octanol–water partition coefficient (Wildman–Crippen LogP) is 3.79. The predicted molar refractivity (Wildman–Crippen MR) is 95.8 cm³/mol. The van der Waals surface area contributed by atoms with Crippen molar-refractivity contribution < 1.29 is 13.3 Å².